The van der Waals surface area contributed by atoms with Crippen LogP contribution in [0.25, 0.3) is 0 Å². The third kappa shape index (κ3) is 5.99. The summed E-state index contributed by atoms with van der Waals surface area (Å²) in [5.74, 6) is 2.30. The Morgan fingerprint density at radius 3 is 2.63 bits per heavy atom. The lowest BCUT2D eigenvalue weighted by molar-refractivity contribution is 0.0904. The summed E-state index contributed by atoms with van der Waals surface area (Å²) in [7, 11) is -3.31. The van der Waals surface area contributed by atoms with Crippen LogP contribution in [-0.2, 0) is 21.3 Å². The van der Waals surface area contributed by atoms with Gasteiger partial charge in [-0.1, -0.05) is 6.07 Å². The predicted octanol–water partition coefficient (Wildman–Crippen LogP) is 1.25. The minimum Gasteiger partial charge on any atom is -0.454 e. The van der Waals surface area contributed by atoms with Gasteiger partial charge in [-0.15, -0.1) is 0 Å². The Labute approximate surface area is 179 Å². The topological polar surface area (TPSA) is 92.7 Å². The van der Waals surface area contributed by atoms with Crippen LogP contribution < -0.4 is 14.8 Å². The van der Waals surface area contributed by atoms with Gasteiger partial charge in [-0.2, -0.15) is 4.31 Å². The highest BCUT2D eigenvalue weighted by atomic mass is 32.2. The van der Waals surface area contributed by atoms with E-state index in [1.165, 1.54) is 0 Å². The first-order valence-electron chi connectivity index (χ1n) is 10.4. The summed E-state index contributed by atoms with van der Waals surface area (Å²) in [4.78, 5) is 6.84. The highest BCUT2D eigenvalue weighted by Crippen LogP contribution is 2.32. The van der Waals surface area contributed by atoms with E-state index in [9.17, 15) is 8.42 Å². The molecule has 2 aliphatic rings. The Hall–Kier alpha value is -2.04. The molecule has 0 radical (unpaired) electrons. The molecule has 1 aromatic carbocycles. The van der Waals surface area contributed by atoms with Gasteiger partial charge in [0.1, 0.15) is 0 Å². The van der Waals surface area contributed by atoms with Gasteiger partial charge in [0.15, 0.2) is 17.5 Å². The van der Waals surface area contributed by atoms with Gasteiger partial charge in [-0.3, -0.25) is 0 Å². The van der Waals surface area contributed by atoms with Gasteiger partial charge in [0.2, 0.25) is 16.8 Å². The molecule has 0 unspecified atom stereocenters. The average Bonchev–Trinajstić information content (AvgIpc) is 3.18. The zero-order valence-electron chi connectivity index (χ0n) is 18.0. The molecule has 1 saturated heterocycles. The molecule has 2 heterocycles. The van der Waals surface area contributed by atoms with Crippen LogP contribution in [0.1, 0.15) is 26.3 Å². The maximum atomic E-state index is 12.5. The van der Waals surface area contributed by atoms with Crippen LogP contribution >= 0.6 is 0 Å². The standard InChI is InChI=1S/C20H32N4O5S/c1-4-21-20(22-14-17-5-6-18-19(13-17)29-15-28-18)23-7-9-24(10-8-23)30(25,26)12-11-27-16(2)3/h5-6,13,16H,4,7-12,14-15H2,1-3H3,(H,21,22). The fourth-order valence-corrected chi connectivity index (χ4v) is 4.61. The van der Waals surface area contributed by atoms with Crippen LogP contribution in [-0.4, -0.2) is 81.6 Å². The molecule has 30 heavy (non-hydrogen) atoms. The van der Waals surface area contributed by atoms with E-state index < -0.39 is 10.0 Å². The first-order valence-corrected chi connectivity index (χ1v) is 12.0. The number of hydrogen-bond acceptors (Lipinski definition) is 6. The minimum atomic E-state index is -3.31. The first-order chi connectivity index (χ1) is 14.4. The molecular formula is C20H32N4O5S. The van der Waals surface area contributed by atoms with Crippen molar-refractivity contribution in [3.8, 4) is 11.5 Å². The molecule has 1 fully saturated rings. The SMILES string of the molecule is CCNC(=NCc1ccc2c(c1)OCO2)N1CCN(S(=O)(=O)CCOC(C)C)CC1. The van der Waals surface area contributed by atoms with Gasteiger partial charge < -0.3 is 24.4 Å². The van der Waals surface area contributed by atoms with Crippen LogP contribution in [0.4, 0.5) is 0 Å². The number of hydrogen-bond donors (Lipinski definition) is 1. The molecule has 0 aliphatic carbocycles. The molecule has 2 aliphatic heterocycles. The fourth-order valence-electron chi connectivity index (χ4n) is 3.33. The number of nitrogens with one attached hydrogen (secondary N) is 1. The molecule has 1 N–H and O–H groups in total. The molecule has 0 aromatic heterocycles. The maximum absolute atomic E-state index is 12.5. The predicted molar refractivity (Wildman–Crippen MR) is 115 cm³/mol. The molecule has 0 amide bonds. The van der Waals surface area contributed by atoms with Gasteiger partial charge in [-0.25, -0.2) is 13.4 Å². The van der Waals surface area contributed by atoms with Gasteiger partial charge in [-0.05, 0) is 38.5 Å². The van der Waals surface area contributed by atoms with Crippen LogP contribution in [0.3, 0.4) is 0 Å². The van der Waals surface area contributed by atoms with Gasteiger partial charge in [0, 0.05) is 32.7 Å². The van der Waals surface area contributed by atoms with Crippen molar-refractivity contribution in [3.05, 3.63) is 23.8 Å². The van der Waals surface area contributed by atoms with Crippen molar-refractivity contribution in [2.75, 3.05) is 51.9 Å². The van der Waals surface area contributed by atoms with Crippen molar-refractivity contribution in [2.24, 2.45) is 4.99 Å². The van der Waals surface area contributed by atoms with E-state index in [-0.39, 0.29) is 25.3 Å². The normalized spacial score (nSPS) is 17.6. The number of fused-ring (bicyclic) bond motifs is 1. The lowest BCUT2D eigenvalue weighted by Gasteiger charge is -2.36. The van der Waals surface area contributed by atoms with E-state index in [0.717, 1.165) is 29.6 Å². The van der Waals surface area contributed by atoms with Crippen LogP contribution in [0.2, 0.25) is 0 Å². The second-order valence-corrected chi connectivity index (χ2v) is 9.57. The minimum absolute atomic E-state index is 0.0173. The Morgan fingerprint density at radius 1 is 1.20 bits per heavy atom. The molecule has 9 nitrogen and oxygen atoms in total. The molecule has 0 atom stereocenters. The number of benzene rings is 1. The van der Waals surface area contributed by atoms with Crippen LogP contribution in [0, 0.1) is 0 Å². The number of guanidine groups is 1. The van der Waals surface area contributed by atoms with Crippen molar-refractivity contribution < 1.29 is 22.6 Å². The Bertz CT molecular complexity index is 836. The third-order valence-electron chi connectivity index (χ3n) is 4.91. The summed E-state index contributed by atoms with van der Waals surface area (Å²) in [6.07, 6.45) is 0.0284. The zero-order chi connectivity index (χ0) is 21.6. The van der Waals surface area contributed by atoms with E-state index in [4.69, 9.17) is 19.2 Å². The van der Waals surface area contributed by atoms with E-state index in [0.29, 0.717) is 32.7 Å². The average molecular weight is 441 g/mol. The number of piperazine rings is 1. The molecule has 10 heteroatoms. The molecule has 168 valence electrons. The zero-order valence-corrected chi connectivity index (χ0v) is 18.8. The van der Waals surface area contributed by atoms with Crippen molar-refractivity contribution in [1.82, 2.24) is 14.5 Å². The smallest absolute Gasteiger partial charge is 0.231 e. The van der Waals surface area contributed by atoms with Crippen LogP contribution in [0.5, 0.6) is 11.5 Å². The Morgan fingerprint density at radius 2 is 1.93 bits per heavy atom. The Balaban J connectivity index is 1.56. The lowest BCUT2D eigenvalue weighted by Crippen LogP contribution is -2.54. The molecule has 3 rings (SSSR count). The highest BCUT2D eigenvalue weighted by molar-refractivity contribution is 7.89. The summed E-state index contributed by atoms with van der Waals surface area (Å²) in [5, 5.41) is 3.31. The monoisotopic (exact) mass is 440 g/mol. The summed E-state index contributed by atoms with van der Waals surface area (Å²) >= 11 is 0. The molecule has 0 spiro atoms. The molecule has 1 aromatic rings. The second kappa shape index (κ2) is 10.3. The number of ether oxygens (including phenoxy) is 3. The lowest BCUT2D eigenvalue weighted by atomic mass is 10.2. The van der Waals surface area contributed by atoms with E-state index in [2.05, 4.69) is 10.2 Å². The largest absolute Gasteiger partial charge is 0.454 e. The third-order valence-corrected chi connectivity index (χ3v) is 6.74. The number of aliphatic imine (C=N–C) groups is 1. The van der Waals surface area contributed by atoms with Gasteiger partial charge >= 0.3 is 0 Å². The summed E-state index contributed by atoms with van der Waals surface area (Å²) in [6, 6.07) is 5.82. The summed E-state index contributed by atoms with van der Waals surface area (Å²) < 4.78 is 42.8. The Kier molecular flexibility index (Phi) is 7.79. The van der Waals surface area contributed by atoms with E-state index >= 15 is 0 Å². The maximum Gasteiger partial charge on any atom is 0.231 e. The number of sulfonamides is 1. The fraction of sp³-hybridized carbons (Fsp3) is 0.650. The van der Waals surface area contributed by atoms with Gasteiger partial charge in [0.05, 0.1) is 25.0 Å². The molecular weight excluding hydrogens is 408 g/mol. The first kappa shape index (κ1) is 22.6. The van der Waals surface area contributed by atoms with Crippen molar-refractivity contribution >= 4 is 16.0 Å². The van der Waals surface area contributed by atoms with E-state index in [1.54, 1.807) is 4.31 Å². The van der Waals surface area contributed by atoms with Crippen molar-refractivity contribution in [3.63, 3.8) is 0 Å². The van der Waals surface area contributed by atoms with Crippen molar-refractivity contribution in [2.45, 2.75) is 33.4 Å². The highest BCUT2D eigenvalue weighted by Gasteiger charge is 2.28. The summed E-state index contributed by atoms with van der Waals surface area (Å²) in [5.41, 5.74) is 1.03. The quantitative estimate of drug-likeness (QED) is 0.480. The van der Waals surface area contributed by atoms with E-state index in [1.807, 2.05) is 39.0 Å². The van der Waals surface area contributed by atoms with Gasteiger partial charge in [0.25, 0.3) is 0 Å². The van der Waals surface area contributed by atoms with Crippen molar-refractivity contribution in [1.29, 1.82) is 0 Å². The number of nitrogens with zero attached hydrogens (tertiary/aromatic N) is 3. The van der Waals surface area contributed by atoms with Crippen LogP contribution in [0.15, 0.2) is 23.2 Å². The molecule has 0 saturated carbocycles. The summed E-state index contributed by atoms with van der Waals surface area (Å²) in [6.45, 7) is 9.61. The second-order valence-electron chi connectivity index (χ2n) is 7.48. The molecule has 0 bridgehead atoms. The number of rotatable bonds is 8.